The molecule has 0 fully saturated rings. The molecule has 21 heavy (non-hydrogen) atoms. The third-order valence-electron chi connectivity index (χ3n) is 3.29. The lowest BCUT2D eigenvalue weighted by Crippen LogP contribution is -2.19. The molecular weight excluding hydrogens is 326 g/mol. The predicted molar refractivity (Wildman–Crippen MR) is 92.5 cm³/mol. The van der Waals surface area contributed by atoms with Crippen LogP contribution in [0.5, 0.6) is 0 Å². The maximum Gasteiger partial charge on any atom is 0.128 e. The summed E-state index contributed by atoms with van der Waals surface area (Å²) in [5.74, 6) is 1.01. The molecule has 0 amide bonds. The van der Waals surface area contributed by atoms with Crippen molar-refractivity contribution in [3.63, 3.8) is 0 Å². The lowest BCUT2D eigenvalue weighted by atomic mass is 10.2. The zero-order valence-electron chi connectivity index (χ0n) is 12.6. The van der Waals surface area contributed by atoms with Crippen molar-refractivity contribution in [3.8, 4) is 0 Å². The standard InChI is InChI=1S/C17H22BrN3/c1-3-9-19-12-15-8-10-20-17(11-15)21(2)13-14-4-6-16(18)7-5-14/h4-8,10-11,19H,3,9,12-13H2,1-2H3. The summed E-state index contributed by atoms with van der Waals surface area (Å²) in [5.41, 5.74) is 2.55. The van der Waals surface area contributed by atoms with E-state index in [4.69, 9.17) is 0 Å². The van der Waals surface area contributed by atoms with Crippen molar-refractivity contribution in [3.05, 3.63) is 58.2 Å². The fourth-order valence-electron chi connectivity index (χ4n) is 2.13. The topological polar surface area (TPSA) is 28.2 Å². The molecule has 0 bridgehead atoms. The Morgan fingerprint density at radius 2 is 1.90 bits per heavy atom. The third-order valence-corrected chi connectivity index (χ3v) is 3.82. The Morgan fingerprint density at radius 1 is 1.14 bits per heavy atom. The van der Waals surface area contributed by atoms with Gasteiger partial charge >= 0.3 is 0 Å². The Hall–Kier alpha value is -1.39. The van der Waals surface area contributed by atoms with Gasteiger partial charge in [-0.2, -0.15) is 0 Å². The van der Waals surface area contributed by atoms with Crippen LogP contribution in [-0.4, -0.2) is 18.6 Å². The number of anilines is 1. The lowest BCUT2D eigenvalue weighted by molar-refractivity contribution is 0.674. The van der Waals surface area contributed by atoms with Crippen LogP contribution >= 0.6 is 15.9 Å². The molecule has 0 atom stereocenters. The third kappa shape index (κ3) is 5.14. The molecule has 0 radical (unpaired) electrons. The normalized spacial score (nSPS) is 10.6. The first-order chi connectivity index (χ1) is 10.2. The molecule has 4 heteroatoms. The van der Waals surface area contributed by atoms with Gasteiger partial charge in [-0.05, 0) is 48.4 Å². The number of hydrogen-bond donors (Lipinski definition) is 1. The number of hydrogen-bond acceptors (Lipinski definition) is 3. The molecule has 3 nitrogen and oxygen atoms in total. The average Bonchev–Trinajstić information content (AvgIpc) is 2.50. The molecule has 1 heterocycles. The number of nitrogens with zero attached hydrogens (tertiary/aromatic N) is 2. The quantitative estimate of drug-likeness (QED) is 0.767. The van der Waals surface area contributed by atoms with Crippen LogP contribution < -0.4 is 10.2 Å². The van der Waals surface area contributed by atoms with Gasteiger partial charge in [0.15, 0.2) is 0 Å². The van der Waals surface area contributed by atoms with Crippen molar-refractivity contribution in [1.29, 1.82) is 0 Å². The summed E-state index contributed by atoms with van der Waals surface area (Å²) in [6.07, 6.45) is 3.04. The van der Waals surface area contributed by atoms with E-state index in [0.29, 0.717) is 0 Å². The van der Waals surface area contributed by atoms with Crippen LogP contribution in [0.25, 0.3) is 0 Å². The summed E-state index contributed by atoms with van der Waals surface area (Å²) >= 11 is 3.46. The molecule has 0 saturated heterocycles. The Morgan fingerprint density at radius 3 is 2.62 bits per heavy atom. The largest absolute Gasteiger partial charge is 0.355 e. The molecule has 0 unspecified atom stereocenters. The van der Waals surface area contributed by atoms with Crippen LogP contribution in [0.1, 0.15) is 24.5 Å². The molecule has 112 valence electrons. The van der Waals surface area contributed by atoms with Gasteiger partial charge in [0.1, 0.15) is 5.82 Å². The highest BCUT2D eigenvalue weighted by Gasteiger charge is 2.04. The Kier molecular flexibility index (Phi) is 6.21. The van der Waals surface area contributed by atoms with Gasteiger partial charge in [-0.3, -0.25) is 0 Å². The van der Waals surface area contributed by atoms with Crippen molar-refractivity contribution in [2.24, 2.45) is 0 Å². The minimum Gasteiger partial charge on any atom is -0.355 e. The van der Waals surface area contributed by atoms with Gasteiger partial charge in [0, 0.05) is 30.8 Å². The molecule has 0 aliphatic rings. The highest BCUT2D eigenvalue weighted by atomic mass is 79.9. The van der Waals surface area contributed by atoms with Crippen LogP contribution in [0.2, 0.25) is 0 Å². The molecule has 1 aromatic carbocycles. The minimum atomic E-state index is 0.853. The second-order valence-electron chi connectivity index (χ2n) is 5.18. The van der Waals surface area contributed by atoms with Crippen LogP contribution in [0.3, 0.4) is 0 Å². The molecule has 0 aliphatic carbocycles. The second-order valence-corrected chi connectivity index (χ2v) is 6.10. The molecular formula is C17H22BrN3. The number of halogens is 1. The Balaban J connectivity index is 1.99. The number of rotatable bonds is 7. The molecule has 0 aliphatic heterocycles. The van der Waals surface area contributed by atoms with Crippen LogP contribution in [0.15, 0.2) is 47.1 Å². The summed E-state index contributed by atoms with van der Waals surface area (Å²) in [5, 5.41) is 3.42. The molecule has 1 N–H and O–H groups in total. The zero-order valence-corrected chi connectivity index (χ0v) is 14.2. The smallest absolute Gasteiger partial charge is 0.128 e. The molecule has 2 rings (SSSR count). The summed E-state index contributed by atoms with van der Waals surface area (Å²) < 4.78 is 1.11. The number of nitrogens with one attached hydrogen (secondary N) is 1. The van der Waals surface area contributed by atoms with E-state index < -0.39 is 0 Å². The molecule has 2 aromatic rings. The van der Waals surface area contributed by atoms with Gasteiger partial charge in [-0.1, -0.05) is 35.0 Å². The minimum absolute atomic E-state index is 0.853. The first kappa shape index (κ1) is 16.0. The van der Waals surface area contributed by atoms with Gasteiger partial charge < -0.3 is 10.2 Å². The van der Waals surface area contributed by atoms with Crippen LogP contribution in [0, 0.1) is 0 Å². The van der Waals surface area contributed by atoms with Gasteiger partial charge in [0.05, 0.1) is 0 Å². The zero-order chi connectivity index (χ0) is 15.1. The highest BCUT2D eigenvalue weighted by molar-refractivity contribution is 9.10. The molecule has 0 spiro atoms. The van der Waals surface area contributed by atoms with Crippen molar-refractivity contribution in [2.45, 2.75) is 26.4 Å². The van der Waals surface area contributed by atoms with Crippen LogP contribution in [0.4, 0.5) is 5.82 Å². The SMILES string of the molecule is CCCNCc1ccnc(N(C)Cc2ccc(Br)cc2)c1. The number of pyridine rings is 1. The molecule has 0 saturated carbocycles. The Labute approximate surface area is 135 Å². The van der Waals surface area contributed by atoms with E-state index in [1.807, 2.05) is 6.20 Å². The molecule has 1 aromatic heterocycles. The van der Waals surface area contributed by atoms with E-state index in [1.54, 1.807) is 0 Å². The fraction of sp³-hybridized carbons (Fsp3) is 0.353. The van der Waals surface area contributed by atoms with E-state index in [0.717, 1.165) is 36.3 Å². The highest BCUT2D eigenvalue weighted by Crippen LogP contribution is 2.16. The van der Waals surface area contributed by atoms with E-state index in [2.05, 4.69) is 81.5 Å². The van der Waals surface area contributed by atoms with E-state index >= 15 is 0 Å². The average molecular weight is 348 g/mol. The predicted octanol–water partition coefficient (Wildman–Crippen LogP) is 3.98. The first-order valence-electron chi connectivity index (χ1n) is 7.30. The van der Waals surface area contributed by atoms with Crippen molar-refractivity contribution in [2.75, 3.05) is 18.5 Å². The van der Waals surface area contributed by atoms with Gasteiger partial charge in [-0.15, -0.1) is 0 Å². The second kappa shape index (κ2) is 8.15. The van der Waals surface area contributed by atoms with E-state index in [1.165, 1.54) is 11.1 Å². The summed E-state index contributed by atoms with van der Waals surface area (Å²) in [6, 6.07) is 12.6. The van der Waals surface area contributed by atoms with Gasteiger partial charge in [0.25, 0.3) is 0 Å². The van der Waals surface area contributed by atoms with Crippen molar-refractivity contribution in [1.82, 2.24) is 10.3 Å². The van der Waals surface area contributed by atoms with Gasteiger partial charge in [0.2, 0.25) is 0 Å². The lowest BCUT2D eigenvalue weighted by Gasteiger charge is -2.19. The summed E-state index contributed by atoms with van der Waals surface area (Å²) in [6.45, 7) is 4.98. The Bertz CT molecular complexity index is 554. The van der Waals surface area contributed by atoms with Crippen LogP contribution in [-0.2, 0) is 13.1 Å². The van der Waals surface area contributed by atoms with Gasteiger partial charge in [-0.25, -0.2) is 4.98 Å². The monoisotopic (exact) mass is 347 g/mol. The maximum atomic E-state index is 4.47. The summed E-state index contributed by atoms with van der Waals surface area (Å²) in [4.78, 5) is 6.64. The maximum absolute atomic E-state index is 4.47. The first-order valence-corrected chi connectivity index (χ1v) is 8.09. The van der Waals surface area contributed by atoms with Crippen molar-refractivity contribution >= 4 is 21.7 Å². The number of benzene rings is 1. The fourth-order valence-corrected chi connectivity index (χ4v) is 2.40. The summed E-state index contributed by atoms with van der Waals surface area (Å²) in [7, 11) is 2.08. The van der Waals surface area contributed by atoms with Crippen molar-refractivity contribution < 1.29 is 0 Å². The number of aromatic nitrogens is 1. The van der Waals surface area contributed by atoms with E-state index in [-0.39, 0.29) is 0 Å². The van der Waals surface area contributed by atoms with E-state index in [9.17, 15) is 0 Å².